The van der Waals surface area contributed by atoms with Crippen LogP contribution in [0.3, 0.4) is 0 Å². The van der Waals surface area contributed by atoms with Crippen molar-refractivity contribution in [3.05, 3.63) is 35.4 Å². The van der Waals surface area contributed by atoms with Gasteiger partial charge >= 0.3 is 11.8 Å². The van der Waals surface area contributed by atoms with Crippen molar-refractivity contribution in [3.8, 4) is 0 Å². The number of rotatable bonds is 5. The molecule has 0 unspecified atom stereocenters. The SMILES string of the molecule is NCc1cccc(CNC(=O)C(=O)NCCCl)c1. The van der Waals surface area contributed by atoms with Gasteiger partial charge in [-0.05, 0) is 11.1 Å². The Bertz CT molecular complexity index is 424. The van der Waals surface area contributed by atoms with Gasteiger partial charge in [0, 0.05) is 25.5 Å². The number of hydrogen-bond donors (Lipinski definition) is 3. The predicted octanol–water partition coefficient (Wildman–Crippen LogP) is 0.116. The normalized spacial score (nSPS) is 9.89. The van der Waals surface area contributed by atoms with Crippen LogP contribution in [0.5, 0.6) is 0 Å². The molecule has 1 aromatic carbocycles. The second-order valence-electron chi connectivity index (χ2n) is 3.65. The number of benzene rings is 1. The molecular weight excluding hydrogens is 254 g/mol. The van der Waals surface area contributed by atoms with Gasteiger partial charge in [-0.15, -0.1) is 11.6 Å². The van der Waals surface area contributed by atoms with E-state index in [4.69, 9.17) is 17.3 Å². The van der Waals surface area contributed by atoms with Crippen molar-refractivity contribution in [2.75, 3.05) is 12.4 Å². The molecule has 5 nitrogen and oxygen atoms in total. The average molecular weight is 270 g/mol. The lowest BCUT2D eigenvalue weighted by atomic mass is 10.1. The van der Waals surface area contributed by atoms with E-state index in [0.29, 0.717) is 13.1 Å². The summed E-state index contributed by atoms with van der Waals surface area (Å²) in [6.07, 6.45) is 0. The molecule has 1 rings (SSSR count). The van der Waals surface area contributed by atoms with E-state index >= 15 is 0 Å². The van der Waals surface area contributed by atoms with Crippen LogP contribution in [0, 0.1) is 0 Å². The zero-order valence-corrected chi connectivity index (χ0v) is 10.7. The van der Waals surface area contributed by atoms with Gasteiger partial charge in [-0.3, -0.25) is 9.59 Å². The molecular formula is C12H16ClN3O2. The first kappa shape index (κ1) is 14.5. The minimum absolute atomic E-state index is 0.274. The van der Waals surface area contributed by atoms with Crippen LogP contribution in [-0.4, -0.2) is 24.2 Å². The number of hydrogen-bond acceptors (Lipinski definition) is 3. The largest absolute Gasteiger partial charge is 0.347 e. The van der Waals surface area contributed by atoms with Crippen LogP contribution in [-0.2, 0) is 22.7 Å². The van der Waals surface area contributed by atoms with E-state index in [1.165, 1.54) is 0 Å². The molecule has 0 bridgehead atoms. The topological polar surface area (TPSA) is 84.2 Å². The third kappa shape index (κ3) is 4.73. The quantitative estimate of drug-likeness (QED) is 0.524. The summed E-state index contributed by atoms with van der Waals surface area (Å²) in [5.74, 6) is -1.07. The van der Waals surface area contributed by atoms with E-state index in [1.54, 1.807) is 0 Å². The summed E-state index contributed by atoms with van der Waals surface area (Å²) < 4.78 is 0. The summed E-state index contributed by atoms with van der Waals surface area (Å²) in [4.78, 5) is 22.6. The van der Waals surface area contributed by atoms with Gasteiger partial charge in [0.15, 0.2) is 0 Å². The lowest BCUT2D eigenvalue weighted by Gasteiger charge is -2.06. The molecule has 0 heterocycles. The fourth-order valence-corrected chi connectivity index (χ4v) is 1.46. The number of amides is 2. The number of halogens is 1. The van der Waals surface area contributed by atoms with Gasteiger partial charge in [0.25, 0.3) is 0 Å². The second-order valence-corrected chi connectivity index (χ2v) is 4.03. The highest BCUT2D eigenvalue weighted by Crippen LogP contribution is 2.03. The molecule has 0 atom stereocenters. The molecule has 4 N–H and O–H groups in total. The number of alkyl halides is 1. The molecule has 2 amide bonds. The maximum atomic E-state index is 11.4. The molecule has 1 aromatic rings. The van der Waals surface area contributed by atoms with E-state index in [1.807, 2.05) is 24.3 Å². The summed E-state index contributed by atoms with van der Waals surface area (Å²) >= 11 is 5.40. The molecule has 0 aliphatic heterocycles. The van der Waals surface area contributed by atoms with E-state index < -0.39 is 11.8 Å². The molecule has 0 aromatic heterocycles. The predicted molar refractivity (Wildman–Crippen MR) is 69.9 cm³/mol. The Balaban J connectivity index is 2.44. The lowest BCUT2D eigenvalue weighted by molar-refractivity contribution is -0.139. The van der Waals surface area contributed by atoms with Crippen molar-refractivity contribution in [2.24, 2.45) is 5.73 Å². The van der Waals surface area contributed by atoms with Crippen LogP contribution >= 0.6 is 11.6 Å². The van der Waals surface area contributed by atoms with Gasteiger partial charge in [-0.25, -0.2) is 0 Å². The first-order valence-electron chi connectivity index (χ1n) is 5.57. The summed E-state index contributed by atoms with van der Waals surface area (Å²) in [7, 11) is 0. The van der Waals surface area contributed by atoms with Gasteiger partial charge < -0.3 is 16.4 Å². The van der Waals surface area contributed by atoms with Crippen LogP contribution in [0.25, 0.3) is 0 Å². The van der Waals surface area contributed by atoms with Gasteiger partial charge in [-0.2, -0.15) is 0 Å². The molecule has 98 valence electrons. The summed E-state index contributed by atoms with van der Waals surface area (Å²) in [5, 5.41) is 4.91. The van der Waals surface area contributed by atoms with E-state index in [0.717, 1.165) is 11.1 Å². The highest BCUT2D eigenvalue weighted by molar-refractivity contribution is 6.35. The van der Waals surface area contributed by atoms with E-state index in [9.17, 15) is 9.59 Å². The van der Waals surface area contributed by atoms with Crippen molar-refractivity contribution in [1.29, 1.82) is 0 Å². The zero-order valence-electron chi connectivity index (χ0n) is 9.91. The summed E-state index contributed by atoms with van der Waals surface area (Å²) in [5.41, 5.74) is 7.39. The van der Waals surface area contributed by atoms with Gasteiger partial charge in [0.1, 0.15) is 0 Å². The Morgan fingerprint density at radius 2 is 1.83 bits per heavy atom. The summed E-state index contributed by atoms with van der Waals surface area (Å²) in [6.45, 7) is 1.01. The van der Waals surface area contributed by atoms with Crippen molar-refractivity contribution < 1.29 is 9.59 Å². The van der Waals surface area contributed by atoms with Crippen LogP contribution in [0.1, 0.15) is 11.1 Å². The lowest BCUT2D eigenvalue weighted by Crippen LogP contribution is -2.40. The Morgan fingerprint density at radius 3 is 2.50 bits per heavy atom. The first-order valence-corrected chi connectivity index (χ1v) is 6.10. The molecule has 6 heteroatoms. The van der Waals surface area contributed by atoms with Crippen molar-refractivity contribution in [2.45, 2.75) is 13.1 Å². The smallest absolute Gasteiger partial charge is 0.309 e. The van der Waals surface area contributed by atoms with Crippen LogP contribution in [0.15, 0.2) is 24.3 Å². The highest BCUT2D eigenvalue weighted by Gasteiger charge is 2.11. The fraction of sp³-hybridized carbons (Fsp3) is 0.333. The molecule has 0 saturated heterocycles. The number of nitrogens with one attached hydrogen (secondary N) is 2. The van der Waals surface area contributed by atoms with Gasteiger partial charge in [0.05, 0.1) is 0 Å². The molecule has 0 aliphatic rings. The standard InChI is InChI=1S/C12H16ClN3O2/c13-4-5-15-11(17)12(18)16-8-10-3-1-2-9(6-10)7-14/h1-3,6H,4-5,7-8,14H2,(H,15,17)(H,16,18). The molecule has 0 fully saturated rings. The molecule has 18 heavy (non-hydrogen) atoms. The molecule has 0 radical (unpaired) electrons. The number of nitrogens with two attached hydrogens (primary N) is 1. The Hall–Kier alpha value is -1.59. The van der Waals surface area contributed by atoms with Gasteiger partial charge in [-0.1, -0.05) is 24.3 Å². The fourth-order valence-electron chi connectivity index (χ4n) is 1.37. The Morgan fingerprint density at radius 1 is 1.17 bits per heavy atom. The average Bonchev–Trinajstić information content (AvgIpc) is 2.42. The third-order valence-corrected chi connectivity index (χ3v) is 2.46. The minimum Gasteiger partial charge on any atom is -0.347 e. The monoisotopic (exact) mass is 269 g/mol. The van der Waals surface area contributed by atoms with Crippen molar-refractivity contribution in [1.82, 2.24) is 10.6 Å². The van der Waals surface area contributed by atoms with Crippen LogP contribution < -0.4 is 16.4 Å². The van der Waals surface area contributed by atoms with E-state index in [-0.39, 0.29) is 12.4 Å². The highest BCUT2D eigenvalue weighted by atomic mass is 35.5. The van der Waals surface area contributed by atoms with E-state index in [2.05, 4.69) is 10.6 Å². The number of carbonyl (C=O) groups is 2. The van der Waals surface area contributed by atoms with Crippen molar-refractivity contribution >= 4 is 23.4 Å². The molecule has 0 spiro atoms. The maximum absolute atomic E-state index is 11.4. The molecule has 0 aliphatic carbocycles. The third-order valence-electron chi connectivity index (χ3n) is 2.27. The maximum Gasteiger partial charge on any atom is 0.309 e. The zero-order chi connectivity index (χ0) is 13.4. The van der Waals surface area contributed by atoms with Gasteiger partial charge in [0.2, 0.25) is 0 Å². The van der Waals surface area contributed by atoms with Crippen molar-refractivity contribution in [3.63, 3.8) is 0 Å². The summed E-state index contributed by atoms with van der Waals surface area (Å²) in [6, 6.07) is 7.50. The van der Waals surface area contributed by atoms with Crippen LogP contribution in [0.2, 0.25) is 0 Å². The number of carbonyl (C=O) groups excluding carboxylic acids is 2. The van der Waals surface area contributed by atoms with Crippen LogP contribution in [0.4, 0.5) is 0 Å². The first-order chi connectivity index (χ1) is 8.67. The minimum atomic E-state index is -0.675. The second kappa shape index (κ2) is 7.68. The Kier molecular flexibility index (Phi) is 6.18. The molecule has 0 saturated carbocycles. The Labute approximate surface area is 111 Å².